The molecule has 0 heterocycles. The number of rotatable bonds is 18. The molecule has 0 aliphatic rings. The van der Waals surface area contributed by atoms with E-state index >= 15 is 0 Å². The first-order chi connectivity index (χ1) is 16.5. The van der Waals surface area contributed by atoms with E-state index in [1.165, 1.54) is 69.2 Å². The lowest BCUT2D eigenvalue weighted by Crippen LogP contribution is -2.18. The Kier molecular flexibility index (Phi) is 12.7. The lowest BCUT2D eigenvalue weighted by molar-refractivity contribution is -0.136. The predicted molar refractivity (Wildman–Crippen MR) is 140 cm³/mol. The van der Waals surface area contributed by atoms with Crippen LogP contribution in [-0.2, 0) is 4.79 Å². The van der Waals surface area contributed by atoms with Gasteiger partial charge >= 0.3 is 5.97 Å². The summed E-state index contributed by atoms with van der Waals surface area (Å²) in [5, 5.41) is 20.6. The summed E-state index contributed by atoms with van der Waals surface area (Å²) in [6.45, 7) is 2.52. The van der Waals surface area contributed by atoms with Crippen molar-refractivity contribution in [1.29, 1.82) is 0 Å². The van der Waals surface area contributed by atoms with Crippen molar-refractivity contribution >= 4 is 34.4 Å². The third-order valence-electron chi connectivity index (χ3n) is 6.00. The number of amides is 1. The second-order valence-corrected chi connectivity index (χ2v) is 10.0. The van der Waals surface area contributed by atoms with Crippen LogP contribution in [0.15, 0.2) is 30.3 Å². The van der Waals surface area contributed by atoms with Crippen molar-refractivity contribution in [2.24, 2.45) is 5.73 Å². The number of benzene rings is 2. The molecule has 188 valence electrons. The van der Waals surface area contributed by atoms with Crippen molar-refractivity contribution in [3.63, 3.8) is 0 Å². The first-order valence-corrected chi connectivity index (χ1v) is 13.5. The molecule has 2 rings (SSSR count). The van der Waals surface area contributed by atoms with E-state index in [-0.39, 0.29) is 11.3 Å². The number of phenols is 1. The van der Waals surface area contributed by atoms with E-state index in [1.54, 1.807) is 18.2 Å². The summed E-state index contributed by atoms with van der Waals surface area (Å²) in [6, 6.07) is 8.53. The molecule has 2 aromatic rings. The van der Waals surface area contributed by atoms with Gasteiger partial charge < -0.3 is 20.7 Å². The number of aromatic hydroxyl groups is 1. The Morgan fingerprint density at radius 2 is 1.56 bits per heavy atom. The second-order valence-electron chi connectivity index (χ2n) is 8.70. The molecule has 1 unspecified atom stereocenters. The largest absolute Gasteiger partial charge is 0.506 e. The Balaban J connectivity index is 1.74. The van der Waals surface area contributed by atoms with E-state index in [1.807, 2.05) is 6.07 Å². The molecule has 0 aliphatic carbocycles. The third kappa shape index (κ3) is 9.09. The van der Waals surface area contributed by atoms with E-state index < -0.39 is 17.1 Å². The number of unbranched alkanes of at least 4 members (excludes halogenated alkanes) is 9. The van der Waals surface area contributed by atoms with Crippen LogP contribution in [0.3, 0.4) is 0 Å². The predicted octanol–water partition coefficient (Wildman–Crippen LogP) is 6.52. The molecule has 0 spiro atoms. The number of fused-ring (bicyclic) bond motifs is 1. The number of carboxylic acids is 1. The zero-order chi connectivity index (χ0) is 24.8. The lowest BCUT2D eigenvalue weighted by atomic mass is 10.0. The molecule has 0 bridgehead atoms. The van der Waals surface area contributed by atoms with Crippen LogP contribution in [0.2, 0.25) is 0 Å². The van der Waals surface area contributed by atoms with Crippen molar-refractivity contribution in [3.05, 3.63) is 35.9 Å². The number of hydrogen-bond acceptors (Lipinski definition) is 5. The van der Waals surface area contributed by atoms with Gasteiger partial charge in [0.2, 0.25) is 0 Å². The molecular weight excluding hydrogens is 450 g/mol. The van der Waals surface area contributed by atoms with Gasteiger partial charge in [-0.15, -0.1) is 11.8 Å². The van der Waals surface area contributed by atoms with Gasteiger partial charge in [-0.25, -0.2) is 0 Å². The van der Waals surface area contributed by atoms with Crippen LogP contribution in [0, 0.1) is 0 Å². The minimum absolute atomic E-state index is 0.00530. The molecule has 1 amide bonds. The highest BCUT2D eigenvalue weighted by molar-refractivity contribution is 8.00. The monoisotopic (exact) mass is 489 g/mol. The number of aliphatic carboxylic acids is 1. The first kappa shape index (κ1) is 27.8. The summed E-state index contributed by atoms with van der Waals surface area (Å²) < 4.78 is 5.87. The standard InChI is InChI=1S/C27H39NO5S/c1-2-3-4-5-6-7-8-9-10-11-16-24(27(31)32)34-18-17-33-23-19-22(26(28)30)25(29)21-15-13-12-14-20(21)23/h12-15,19,24,29H,2-11,16-18H2,1H3,(H2,28,30)(H,31,32). The fraction of sp³-hybridized carbons (Fsp3) is 0.556. The summed E-state index contributed by atoms with van der Waals surface area (Å²) in [5.41, 5.74) is 5.39. The Hall–Kier alpha value is -2.41. The van der Waals surface area contributed by atoms with E-state index in [0.29, 0.717) is 35.3 Å². The molecule has 4 N–H and O–H groups in total. The number of ether oxygens (including phenoxy) is 1. The molecule has 0 radical (unpaired) electrons. The van der Waals surface area contributed by atoms with Crippen molar-refractivity contribution in [2.75, 3.05) is 12.4 Å². The number of carbonyl (C=O) groups excluding carboxylic acids is 1. The maximum Gasteiger partial charge on any atom is 0.316 e. The molecule has 0 saturated heterocycles. The molecule has 34 heavy (non-hydrogen) atoms. The molecular formula is C27H39NO5S. The number of hydrogen-bond donors (Lipinski definition) is 3. The Bertz CT molecular complexity index is 917. The molecule has 0 aliphatic heterocycles. The van der Waals surface area contributed by atoms with Gasteiger partial charge in [-0.1, -0.05) is 95.4 Å². The summed E-state index contributed by atoms with van der Waals surface area (Å²) in [6.07, 6.45) is 12.9. The average molecular weight is 490 g/mol. The fourth-order valence-electron chi connectivity index (χ4n) is 4.07. The van der Waals surface area contributed by atoms with Gasteiger partial charge in [-0.3, -0.25) is 9.59 Å². The Morgan fingerprint density at radius 3 is 2.15 bits per heavy atom. The van der Waals surface area contributed by atoms with Crippen LogP contribution in [0.25, 0.3) is 10.8 Å². The minimum atomic E-state index is -0.785. The van der Waals surface area contributed by atoms with Crippen LogP contribution in [-0.4, -0.2) is 39.7 Å². The molecule has 6 nitrogen and oxygen atoms in total. The van der Waals surface area contributed by atoms with Gasteiger partial charge in [0, 0.05) is 16.5 Å². The SMILES string of the molecule is CCCCCCCCCCCCC(SCCOc1cc(C(N)=O)c(O)c2ccccc12)C(=O)O. The van der Waals surface area contributed by atoms with Crippen molar-refractivity contribution in [3.8, 4) is 11.5 Å². The second kappa shape index (κ2) is 15.5. The van der Waals surface area contributed by atoms with Crippen LogP contribution < -0.4 is 10.5 Å². The Labute approximate surface area is 207 Å². The number of carbonyl (C=O) groups is 2. The van der Waals surface area contributed by atoms with Crippen molar-refractivity contribution in [2.45, 2.75) is 82.8 Å². The zero-order valence-electron chi connectivity index (χ0n) is 20.3. The van der Waals surface area contributed by atoms with Crippen molar-refractivity contribution < 1.29 is 24.5 Å². The van der Waals surface area contributed by atoms with Crippen LogP contribution in [0.1, 0.15) is 87.9 Å². The minimum Gasteiger partial charge on any atom is -0.506 e. The van der Waals surface area contributed by atoms with Crippen LogP contribution in [0.5, 0.6) is 11.5 Å². The molecule has 0 aromatic heterocycles. The van der Waals surface area contributed by atoms with E-state index in [0.717, 1.165) is 12.8 Å². The topological polar surface area (TPSA) is 110 Å². The van der Waals surface area contributed by atoms with Gasteiger partial charge in [-0.2, -0.15) is 0 Å². The number of nitrogens with two attached hydrogens (primary N) is 1. The molecule has 1 atom stereocenters. The maximum absolute atomic E-state index is 11.7. The summed E-state index contributed by atoms with van der Waals surface area (Å²) in [5.74, 6) is -0.718. The first-order valence-electron chi connectivity index (χ1n) is 12.5. The van der Waals surface area contributed by atoms with E-state index in [2.05, 4.69) is 6.92 Å². The lowest BCUT2D eigenvalue weighted by Gasteiger charge is -2.15. The molecule has 0 saturated carbocycles. The van der Waals surface area contributed by atoms with Gasteiger partial charge in [0.25, 0.3) is 5.91 Å². The average Bonchev–Trinajstić information content (AvgIpc) is 2.82. The van der Waals surface area contributed by atoms with Crippen LogP contribution >= 0.6 is 11.8 Å². The third-order valence-corrected chi connectivity index (χ3v) is 7.24. The van der Waals surface area contributed by atoms with Crippen LogP contribution in [0.4, 0.5) is 0 Å². The number of carboxylic acid groups (broad SMARTS) is 1. The van der Waals surface area contributed by atoms with Gasteiger partial charge in [-0.05, 0) is 12.5 Å². The quantitative estimate of drug-likeness (QED) is 0.206. The van der Waals surface area contributed by atoms with E-state index in [4.69, 9.17) is 10.5 Å². The summed E-state index contributed by atoms with van der Waals surface area (Å²) in [7, 11) is 0. The number of thioether (sulfide) groups is 1. The van der Waals surface area contributed by atoms with Crippen molar-refractivity contribution in [1.82, 2.24) is 0 Å². The highest BCUT2D eigenvalue weighted by Crippen LogP contribution is 2.36. The summed E-state index contributed by atoms with van der Waals surface area (Å²) in [4.78, 5) is 23.3. The highest BCUT2D eigenvalue weighted by Gasteiger charge is 2.18. The highest BCUT2D eigenvalue weighted by atomic mass is 32.2. The van der Waals surface area contributed by atoms with Gasteiger partial charge in [0.05, 0.1) is 12.2 Å². The van der Waals surface area contributed by atoms with Gasteiger partial charge in [0.15, 0.2) is 0 Å². The normalized spacial score (nSPS) is 12.0. The Morgan fingerprint density at radius 1 is 0.971 bits per heavy atom. The molecule has 0 fully saturated rings. The zero-order valence-corrected chi connectivity index (χ0v) is 21.1. The number of primary amides is 1. The van der Waals surface area contributed by atoms with Gasteiger partial charge in [0.1, 0.15) is 16.7 Å². The maximum atomic E-state index is 11.7. The molecule has 7 heteroatoms. The molecule has 2 aromatic carbocycles. The fourth-order valence-corrected chi connectivity index (χ4v) is 5.01. The smallest absolute Gasteiger partial charge is 0.316 e. The van der Waals surface area contributed by atoms with E-state index in [9.17, 15) is 19.8 Å². The summed E-state index contributed by atoms with van der Waals surface area (Å²) >= 11 is 1.38.